The minimum absolute atomic E-state index is 0.383. The van der Waals surface area contributed by atoms with Crippen LogP contribution in [-0.4, -0.2) is 52.7 Å². The molecule has 2 unspecified atom stereocenters. The summed E-state index contributed by atoms with van der Waals surface area (Å²) in [6, 6.07) is 0. The van der Waals surface area contributed by atoms with Crippen molar-refractivity contribution < 1.29 is 10.2 Å². The zero-order valence-corrected chi connectivity index (χ0v) is 22.3. The lowest BCUT2D eigenvalue weighted by molar-refractivity contribution is 0.0751. The zero-order valence-electron chi connectivity index (χ0n) is 21.4. The van der Waals surface area contributed by atoms with Gasteiger partial charge in [0.15, 0.2) is 0 Å². The molecule has 0 rings (SSSR count). The second-order valence-electron chi connectivity index (χ2n) is 9.32. The quantitative estimate of drug-likeness (QED) is 0.0787. The minimum atomic E-state index is -0.383. The molecular weight excluding hydrogens is 414 g/mol. The summed E-state index contributed by atoms with van der Waals surface area (Å²) in [4.78, 5) is 2.14. The van der Waals surface area contributed by atoms with Gasteiger partial charge in [-0.2, -0.15) is 12.6 Å². The van der Waals surface area contributed by atoms with Gasteiger partial charge in [-0.1, -0.05) is 102 Å². The highest BCUT2D eigenvalue weighted by Crippen LogP contribution is 2.09. The van der Waals surface area contributed by atoms with E-state index in [9.17, 15) is 10.2 Å². The van der Waals surface area contributed by atoms with Crippen LogP contribution in [0.25, 0.3) is 0 Å². The smallest absolute Gasteiger partial charge is 0.0701 e. The number of allylic oxidation sites excluding steroid dienone is 2. The van der Waals surface area contributed by atoms with E-state index in [0.29, 0.717) is 25.9 Å². The Bertz CT molecular complexity index is 392. The lowest BCUT2D eigenvalue weighted by Gasteiger charge is -2.26. The predicted octanol–water partition coefficient (Wildman–Crippen LogP) is 7.33. The Kier molecular flexibility index (Phi) is 25.1. The monoisotopic (exact) mass is 469 g/mol. The van der Waals surface area contributed by atoms with E-state index in [2.05, 4.69) is 55.7 Å². The number of aliphatic hydroxyl groups excluding tert-OH is 2. The first-order chi connectivity index (χ1) is 15.6. The van der Waals surface area contributed by atoms with Crippen LogP contribution in [0.4, 0.5) is 0 Å². The van der Waals surface area contributed by atoms with Gasteiger partial charge in [0.05, 0.1) is 12.2 Å². The summed E-state index contributed by atoms with van der Waals surface area (Å²) in [5.74, 6) is 0.737. The molecular formula is C28H55NO2S. The molecule has 2 atom stereocenters. The normalized spacial score (nSPS) is 14.2. The fourth-order valence-corrected chi connectivity index (χ4v) is 4.25. The molecule has 0 aromatic heterocycles. The number of rotatable bonds is 24. The van der Waals surface area contributed by atoms with Crippen LogP contribution in [0, 0.1) is 0 Å². The number of nitrogens with zero attached hydrogens (tertiary/aromatic N) is 1. The molecule has 0 radical (unpaired) electrons. The highest BCUT2D eigenvalue weighted by atomic mass is 32.1. The summed E-state index contributed by atoms with van der Waals surface area (Å²) in [5, 5.41) is 20.8. The lowest BCUT2D eigenvalue weighted by Crippen LogP contribution is -2.39. The van der Waals surface area contributed by atoms with Gasteiger partial charge in [-0.3, -0.25) is 4.90 Å². The molecule has 0 aromatic rings. The molecule has 0 aliphatic heterocycles. The third-order valence-electron chi connectivity index (χ3n) is 5.95. The molecule has 0 aromatic carbocycles. The van der Waals surface area contributed by atoms with E-state index < -0.39 is 0 Å². The number of aliphatic hydroxyl groups is 2. The second-order valence-corrected chi connectivity index (χ2v) is 9.77. The molecule has 3 nitrogen and oxygen atoms in total. The van der Waals surface area contributed by atoms with Crippen molar-refractivity contribution in [2.75, 3.05) is 25.4 Å². The first kappa shape index (κ1) is 31.7. The third-order valence-corrected chi connectivity index (χ3v) is 6.15. The Morgan fingerprint density at radius 3 is 1.44 bits per heavy atom. The van der Waals surface area contributed by atoms with Crippen molar-refractivity contribution in [2.45, 2.75) is 129 Å². The molecule has 0 aliphatic rings. The first-order valence-electron chi connectivity index (χ1n) is 13.6. The van der Waals surface area contributed by atoms with Gasteiger partial charge in [-0.25, -0.2) is 0 Å². The van der Waals surface area contributed by atoms with Gasteiger partial charge in [0.2, 0.25) is 0 Å². The molecule has 190 valence electrons. The fourth-order valence-electron chi connectivity index (χ4n) is 3.97. The van der Waals surface area contributed by atoms with Gasteiger partial charge in [-0.15, -0.1) is 0 Å². The van der Waals surface area contributed by atoms with E-state index in [1.54, 1.807) is 0 Å². The molecule has 0 heterocycles. The molecule has 0 aliphatic carbocycles. The van der Waals surface area contributed by atoms with Gasteiger partial charge in [0.1, 0.15) is 0 Å². The van der Waals surface area contributed by atoms with Gasteiger partial charge in [0, 0.05) is 25.4 Å². The molecule has 32 heavy (non-hydrogen) atoms. The zero-order chi connectivity index (χ0) is 23.7. The van der Waals surface area contributed by atoms with E-state index >= 15 is 0 Å². The summed E-state index contributed by atoms with van der Waals surface area (Å²) in [6.07, 6.45) is 27.4. The SMILES string of the molecule is CCCCCCCC/C=C\CC(O)CN(CCS)CC(O)C/C=C\CCCCCCCC. The fraction of sp³-hybridized carbons (Fsp3) is 0.857. The van der Waals surface area contributed by atoms with Crippen molar-refractivity contribution in [3.63, 3.8) is 0 Å². The summed E-state index contributed by atoms with van der Waals surface area (Å²) in [7, 11) is 0. The van der Waals surface area contributed by atoms with Crippen LogP contribution in [-0.2, 0) is 0 Å². The maximum atomic E-state index is 10.4. The van der Waals surface area contributed by atoms with Crippen molar-refractivity contribution >= 4 is 12.6 Å². The molecule has 0 fully saturated rings. The molecule has 0 saturated carbocycles. The van der Waals surface area contributed by atoms with Crippen LogP contribution in [0.2, 0.25) is 0 Å². The van der Waals surface area contributed by atoms with E-state index in [1.807, 2.05) is 0 Å². The van der Waals surface area contributed by atoms with Crippen LogP contribution in [0.15, 0.2) is 24.3 Å². The first-order valence-corrected chi connectivity index (χ1v) is 14.3. The summed E-state index contributed by atoms with van der Waals surface area (Å²) in [6.45, 7) is 6.49. The van der Waals surface area contributed by atoms with Crippen molar-refractivity contribution in [1.82, 2.24) is 4.90 Å². The van der Waals surface area contributed by atoms with Gasteiger partial charge in [0.25, 0.3) is 0 Å². The van der Waals surface area contributed by atoms with Crippen molar-refractivity contribution in [1.29, 1.82) is 0 Å². The lowest BCUT2D eigenvalue weighted by atomic mass is 10.1. The average molecular weight is 470 g/mol. The van der Waals surface area contributed by atoms with Crippen molar-refractivity contribution in [3.8, 4) is 0 Å². The van der Waals surface area contributed by atoms with Crippen LogP contribution >= 0.6 is 12.6 Å². The Morgan fingerprint density at radius 1 is 0.625 bits per heavy atom. The third kappa shape index (κ3) is 22.9. The minimum Gasteiger partial charge on any atom is -0.391 e. The van der Waals surface area contributed by atoms with Crippen LogP contribution in [0.3, 0.4) is 0 Å². The van der Waals surface area contributed by atoms with Gasteiger partial charge in [-0.05, 0) is 38.5 Å². The Balaban J connectivity index is 3.93. The second kappa shape index (κ2) is 25.3. The molecule has 2 N–H and O–H groups in total. The topological polar surface area (TPSA) is 43.7 Å². The standard InChI is InChI=1S/C28H55NO2S/c1-3-5-7-9-11-13-15-17-19-21-27(30)25-29(23-24-32)26-28(31)22-20-18-16-14-12-10-8-6-4-2/h17-20,27-28,30-32H,3-16,21-26H2,1-2H3/b19-17-,20-18-. The summed E-state index contributed by atoms with van der Waals surface area (Å²) < 4.78 is 0. The molecule has 0 spiro atoms. The molecule has 0 saturated heterocycles. The van der Waals surface area contributed by atoms with E-state index in [0.717, 1.165) is 25.1 Å². The Labute approximate surface area is 206 Å². The predicted molar refractivity (Wildman–Crippen MR) is 146 cm³/mol. The van der Waals surface area contributed by atoms with Gasteiger partial charge < -0.3 is 10.2 Å². The maximum absolute atomic E-state index is 10.4. The number of thiol groups is 1. The summed E-state index contributed by atoms with van der Waals surface area (Å²) in [5.41, 5.74) is 0. The van der Waals surface area contributed by atoms with E-state index in [-0.39, 0.29) is 12.2 Å². The summed E-state index contributed by atoms with van der Waals surface area (Å²) >= 11 is 4.35. The van der Waals surface area contributed by atoms with Crippen LogP contribution in [0.5, 0.6) is 0 Å². The molecule has 0 amide bonds. The highest BCUT2D eigenvalue weighted by molar-refractivity contribution is 7.80. The Morgan fingerprint density at radius 2 is 1.03 bits per heavy atom. The van der Waals surface area contributed by atoms with Gasteiger partial charge >= 0.3 is 0 Å². The molecule has 0 bridgehead atoms. The Hall–Kier alpha value is -0.290. The van der Waals surface area contributed by atoms with E-state index in [1.165, 1.54) is 77.0 Å². The van der Waals surface area contributed by atoms with Crippen molar-refractivity contribution in [3.05, 3.63) is 24.3 Å². The number of unbranched alkanes of at least 4 members (excludes halogenated alkanes) is 12. The molecule has 4 heteroatoms. The maximum Gasteiger partial charge on any atom is 0.0701 e. The van der Waals surface area contributed by atoms with Crippen molar-refractivity contribution in [2.24, 2.45) is 0 Å². The largest absolute Gasteiger partial charge is 0.391 e. The average Bonchev–Trinajstić information content (AvgIpc) is 2.77. The number of hydrogen-bond acceptors (Lipinski definition) is 4. The number of hydrogen-bond donors (Lipinski definition) is 3. The van der Waals surface area contributed by atoms with Crippen LogP contribution in [0.1, 0.15) is 117 Å². The van der Waals surface area contributed by atoms with E-state index in [4.69, 9.17) is 0 Å². The van der Waals surface area contributed by atoms with Crippen LogP contribution < -0.4 is 0 Å². The highest BCUT2D eigenvalue weighted by Gasteiger charge is 2.14.